The monoisotopic (exact) mass is 168 g/mol. The summed E-state index contributed by atoms with van der Waals surface area (Å²) in [7, 11) is 3.67. The molecule has 0 aromatic carbocycles. The number of ether oxygens (including phenoxy) is 1. The van der Waals surface area contributed by atoms with Gasteiger partial charge in [0.15, 0.2) is 0 Å². The smallest absolute Gasteiger partial charge is 0.0690 e. The van der Waals surface area contributed by atoms with Gasteiger partial charge in [-0.15, -0.1) is 0 Å². The molecule has 1 aliphatic heterocycles. The summed E-state index contributed by atoms with van der Waals surface area (Å²) in [5.74, 6) is 0. The first kappa shape index (κ1) is 9.26. The van der Waals surface area contributed by atoms with Gasteiger partial charge < -0.3 is 4.74 Å². The van der Waals surface area contributed by atoms with Crippen LogP contribution in [0.2, 0.25) is 0 Å². The summed E-state index contributed by atoms with van der Waals surface area (Å²) in [5.41, 5.74) is 2.49. The van der Waals surface area contributed by atoms with E-state index in [-0.39, 0.29) is 0 Å². The van der Waals surface area contributed by atoms with Crippen LogP contribution in [0.5, 0.6) is 0 Å². The van der Waals surface area contributed by atoms with Crippen LogP contribution in [0.25, 0.3) is 0 Å². The summed E-state index contributed by atoms with van der Waals surface area (Å²) in [6.07, 6.45) is 4.15. The lowest BCUT2D eigenvalue weighted by Crippen LogP contribution is -2.04. The predicted molar refractivity (Wildman–Crippen MR) is 50.1 cm³/mol. The Balaban J connectivity index is 2.59. The number of hydrazone groups is 1. The number of nitrogens with zero attached hydrogens (tertiary/aromatic N) is 2. The zero-order valence-corrected chi connectivity index (χ0v) is 8.00. The molecule has 3 heteroatoms. The van der Waals surface area contributed by atoms with Crippen molar-refractivity contribution in [3.05, 3.63) is 11.8 Å². The number of hydrogen-bond donors (Lipinski definition) is 0. The molecule has 0 atom stereocenters. The minimum atomic E-state index is 0.715. The predicted octanol–water partition coefficient (Wildman–Crippen LogP) is 1.62. The van der Waals surface area contributed by atoms with E-state index in [0.717, 1.165) is 12.8 Å². The van der Waals surface area contributed by atoms with Crippen LogP contribution in [0.1, 0.15) is 19.8 Å². The lowest BCUT2D eigenvalue weighted by atomic mass is 10.1. The van der Waals surface area contributed by atoms with Crippen LogP contribution < -0.4 is 0 Å². The van der Waals surface area contributed by atoms with Crippen molar-refractivity contribution in [3.63, 3.8) is 0 Å². The molecule has 1 heterocycles. The third-order valence-electron chi connectivity index (χ3n) is 1.84. The summed E-state index contributed by atoms with van der Waals surface area (Å²) in [6, 6.07) is 0. The average Bonchev–Trinajstić information content (AvgIpc) is 2.13. The third kappa shape index (κ3) is 2.66. The molecule has 68 valence electrons. The van der Waals surface area contributed by atoms with Crippen molar-refractivity contribution < 1.29 is 4.74 Å². The zero-order valence-electron chi connectivity index (χ0n) is 8.00. The van der Waals surface area contributed by atoms with E-state index in [1.165, 1.54) is 11.3 Å². The first-order valence-corrected chi connectivity index (χ1v) is 4.18. The molecule has 3 nitrogen and oxygen atoms in total. The summed E-state index contributed by atoms with van der Waals surface area (Å²) in [6.45, 7) is 2.77. The quantitative estimate of drug-likeness (QED) is 0.626. The fourth-order valence-electron chi connectivity index (χ4n) is 1.31. The fourth-order valence-corrected chi connectivity index (χ4v) is 1.31. The van der Waals surface area contributed by atoms with E-state index < -0.39 is 0 Å². The van der Waals surface area contributed by atoms with Gasteiger partial charge in [-0.3, -0.25) is 5.01 Å². The highest BCUT2D eigenvalue weighted by Gasteiger charge is 2.05. The normalized spacial score (nSPS) is 18.4. The van der Waals surface area contributed by atoms with Gasteiger partial charge in [-0.25, -0.2) is 0 Å². The van der Waals surface area contributed by atoms with Gasteiger partial charge in [0.2, 0.25) is 0 Å². The Kier molecular flexibility index (Phi) is 3.29. The minimum Gasteiger partial charge on any atom is -0.380 e. The van der Waals surface area contributed by atoms with Crippen molar-refractivity contribution in [2.24, 2.45) is 5.10 Å². The van der Waals surface area contributed by atoms with Crippen molar-refractivity contribution in [1.82, 2.24) is 5.01 Å². The maximum Gasteiger partial charge on any atom is 0.0690 e. The van der Waals surface area contributed by atoms with E-state index in [0.29, 0.717) is 6.61 Å². The maximum absolute atomic E-state index is 5.07. The molecule has 1 aliphatic rings. The molecule has 0 radical (unpaired) electrons. The molecule has 0 aromatic heterocycles. The van der Waals surface area contributed by atoms with Gasteiger partial charge in [0.25, 0.3) is 0 Å². The van der Waals surface area contributed by atoms with Gasteiger partial charge in [0, 0.05) is 26.1 Å². The molecule has 0 unspecified atom stereocenters. The van der Waals surface area contributed by atoms with Crippen LogP contribution in [-0.4, -0.2) is 31.5 Å². The Hall–Kier alpha value is -0.830. The minimum absolute atomic E-state index is 0.715. The summed E-state index contributed by atoms with van der Waals surface area (Å²) >= 11 is 0. The van der Waals surface area contributed by atoms with Gasteiger partial charge in [-0.1, -0.05) is 0 Å². The summed E-state index contributed by atoms with van der Waals surface area (Å²) < 4.78 is 5.07. The SMILES string of the molecule is COCC1=CN(C)N=C(C)CC1. The molecule has 0 spiro atoms. The Morgan fingerprint density at radius 3 is 3.00 bits per heavy atom. The summed E-state index contributed by atoms with van der Waals surface area (Å²) in [5, 5.41) is 6.18. The average molecular weight is 168 g/mol. The Labute approximate surface area is 73.7 Å². The van der Waals surface area contributed by atoms with Gasteiger partial charge in [0.1, 0.15) is 0 Å². The second-order valence-electron chi connectivity index (χ2n) is 3.13. The first-order valence-electron chi connectivity index (χ1n) is 4.18. The molecule has 0 saturated heterocycles. The zero-order chi connectivity index (χ0) is 8.97. The Morgan fingerprint density at radius 2 is 2.33 bits per heavy atom. The van der Waals surface area contributed by atoms with E-state index >= 15 is 0 Å². The Bertz CT molecular complexity index is 209. The fraction of sp³-hybridized carbons (Fsp3) is 0.667. The van der Waals surface area contributed by atoms with Gasteiger partial charge in [0.05, 0.1) is 6.61 Å². The highest BCUT2D eigenvalue weighted by molar-refractivity contribution is 5.82. The maximum atomic E-state index is 5.07. The molecule has 0 saturated carbocycles. The van der Waals surface area contributed by atoms with Crippen LogP contribution in [0.4, 0.5) is 0 Å². The van der Waals surface area contributed by atoms with Gasteiger partial charge >= 0.3 is 0 Å². The van der Waals surface area contributed by atoms with Crippen molar-refractivity contribution in [1.29, 1.82) is 0 Å². The standard InChI is InChI=1S/C9H16N2O/c1-8-4-5-9(7-12-3)6-11(2)10-8/h6H,4-5,7H2,1-3H3. The van der Waals surface area contributed by atoms with Crippen LogP contribution in [-0.2, 0) is 4.74 Å². The number of rotatable bonds is 2. The van der Waals surface area contributed by atoms with Crippen molar-refractivity contribution in [2.75, 3.05) is 20.8 Å². The molecule has 0 fully saturated rings. The molecular weight excluding hydrogens is 152 g/mol. The number of hydrogen-bond acceptors (Lipinski definition) is 3. The molecule has 1 rings (SSSR count). The van der Waals surface area contributed by atoms with Crippen LogP contribution in [0, 0.1) is 0 Å². The van der Waals surface area contributed by atoms with E-state index in [9.17, 15) is 0 Å². The van der Waals surface area contributed by atoms with Crippen LogP contribution in [0.3, 0.4) is 0 Å². The van der Waals surface area contributed by atoms with Crippen LogP contribution in [0.15, 0.2) is 16.9 Å². The third-order valence-corrected chi connectivity index (χ3v) is 1.84. The lowest BCUT2D eigenvalue weighted by molar-refractivity contribution is 0.221. The highest BCUT2D eigenvalue weighted by Crippen LogP contribution is 2.12. The Morgan fingerprint density at radius 1 is 1.58 bits per heavy atom. The van der Waals surface area contributed by atoms with Gasteiger partial charge in [-0.2, -0.15) is 5.10 Å². The number of methoxy groups -OCH3 is 1. The highest BCUT2D eigenvalue weighted by atomic mass is 16.5. The van der Waals surface area contributed by atoms with Crippen molar-refractivity contribution >= 4 is 5.71 Å². The van der Waals surface area contributed by atoms with E-state index in [1.807, 2.05) is 18.3 Å². The van der Waals surface area contributed by atoms with E-state index in [2.05, 4.69) is 12.0 Å². The molecule has 0 aromatic rings. The van der Waals surface area contributed by atoms with Gasteiger partial charge in [-0.05, 0) is 25.3 Å². The second kappa shape index (κ2) is 4.26. The summed E-state index contributed by atoms with van der Waals surface area (Å²) in [4.78, 5) is 0. The molecule has 12 heavy (non-hydrogen) atoms. The molecule has 0 N–H and O–H groups in total. The molecule has 0 aliphatic carbocycles. The second-order valence-corrected chi connectivity index (χ2v) is 3.13. The topological polar surface area (TPSA) is 24.8 Å². The van der Waals surface area contributed by atoms with E-state index in [1.54, 1.807) is 7.11 Å². The molecular formula is C9H16N2O. The van der Waals surface area contributed by atoms with E-state index in [4.69, 9.17) is 4.74 Å². The largest absolute Gasteiger partial charge is 0.380 e. The first-order chi connectivity index (χ1) is 5.72. The molecule has 0 bridgehead atoms. The van der Waals surface area contributed by atoms with Crippen molar-refractivity contribution in [2.45, 2.75) is 19.8 Å². The van der Waals surface area contributed by atoms with Crippen LogP contribution >= 0.6 is 0 Å². The lowest BCUT2D eigenvalue weighted by Gasteiger charge is -2.07. The van der Waals surface area contributed by atoms with Crippen molar-refractivity contribution in [3.8, 4) is 0 Å². The molecule has 0 amide bonds.